The normalized spacial score (nSPS) is 14.7. The van der Waals surface area contributed by atoms with Gasteiger partial charge in [0, 0.05) is 19.2 Å². The van der Waals surface area contributed by atoms with Crippen molar-refractivity contribution in [3.63, 3.8) is 0 Å². The van der Waals surface area contributed by atoms with E-state index >= 15 is 0 Å². The maximum absolute atomic E-state index is 13.5. The summed E-state index contributed by atoms with van der Waals surface area (Å²) in [6, 6.07) is 2.49. The molecule has 0 radical (unpaired) electrons. The average Bonchev–Trinajstić information content (AvgIpc) is 2.90. The molecule has 0 spiro atoms. The molecular weight excluding hydrogens is 237 g/mol. The van der Waals surface area contributed by atoms with E-state index < -0.39 is 11.8 Å². The first-order chi connectivity index (χ1) is 8.67. The Balaban J connectivity index is 2.54. The van der Waals surface area contributed by atoms with Crippen molar-refractivity contribution >= 4 is 11.7 Å². The van der Waals surface area contributed by atoms with Crippen LogP contribution in [0.15, 0.2) is 12.1 Å². The maximum atomic E-state index is 13.5. The molecule has 5 heteroatoms. The van der Waals surface area contributed by atoms with E-state index in [-0.39, 0.29) is 5.56 Å². The van der Waals surface area contributed by atoms with Gasteiger partial charge >= 0.3 is 5.97 Å². The first-order valence-corrected chi connectivity index (χ1v) is 5.88. The smallest absolute Gasteiger partial charge is 0.340 e. The molecule has 1 aromatic rings. The number of methoxy groups -OCH3 is 2. The Morgan fingerprint density at radius 1 is 1.28 bits per heavy atom. The van der Waals surface area contributed by atoms with Gasteiger partial charge in [-0.05, 0) is 18.9 Å². The first-order valence-electron chi connectivity index (χ1n) is 5.88. The number of ether oxygens (including phenoxy) is 2. The molecule has 1 fully saturated rings. The minimum atomic E-state index is -0.547. The van der Waals surface area contributed by atoms with E-state index in [0.717, 1.165) is 25.9 Å². The number of carbonyl (C=O) groups excluding carboxylic acids is 1. The van der Waals surface area contributed by atoms with Crippen LogP contribution in [0.2, 0.25) is 0 Å². The molecule has 0 N–H and O–H groups in total. The Morgan fingerprint density at radius 3 is 2.50 bits per heavy atom. The summed E-state index contributed by atoms with van der Waals surface area (Å²) in [7, 11) is 2.75. The Labute approximate surface area is 105 Å². The molecular formula is C13H16FNO3. The highest BCUT2D eigenvalue weighted by molar-refractivity contribution is 5.97. The Bertz CT molecular complexity index is 456. The van der Waals surface area contributed by atoms with Gasteiger partial charge in [-0.3, -0.25) is 0 Å². The molecule has 98 valence electrons. The summed E-state index contributed by atoms with van der Waals surface area (Å²) >= 11 is 0. The average molecular weight is 253 g/mol. The predicted octanol–water partition coefficient (Wildman–Crippen LogP) is 2.22. The molecule has 0 aromatic heterocycles. The molecule has 1 aliphatic rings. The molecule has 0 atom stereocenters. The Kier molecular flexibility index (Phi) is 3.69. The Hall–Kier alpha value is -1.78. The van der Waals surface area contributed by atoms with Crippen molar-refractivity contribution in [2.45, 2.75) is 12.8 Å². The molecule has 1 heterocycles. The van der Waals surface area contributed by atoms with Crippen LogP contribution in [0.3, 0.4) is 0 Å². The Morgan fingerprint density at radius 2 is 1.94 bits per heavy atom. The number of hydrogen-bond acceptors (Lipinski definition) is 4. The van der Waals surface area contributed by atoms with Crippen LogP contribution in [-0.4, -0.2) is 33.3 Å². The van der Waals surface area contributed by atoms with Crippen LogP contribution in [0.25, 0.3) is 0 Å². The zero-order chi connectivity index (χ0) is 13.1. The van der Waals surface area contributed by atoms with Gasteiger partial charge in [0.05, 0.1) is 25.5 Å². The van der Waals surface area contributed by atoms with Gasteiger partial charge in [-0.1, -0.05) is 0 Å². The molecule has 0 amide bonds. The summed E-state index contributed by atoms with van der Waals surface area (Å²) in [6.45, 7) is 1.68. The number of benzene rings is 1. The number of esters is 1. The zero-order valence-corrected chi connectivity index (χ0v) is 10.5. The summed E-state index contributed by atoms with van der Waals surface area (Å²) < 4.78 is 23.4. The maximum Gasteiger partial charge on any atom is 0.340 e. The standard InChI is InChI=1S/C13H16FNO3/c1-17-11-8-9(14)7-10(13(16)18-2)12(11)15-5-3-4-6-15/h7-8H,3-6H2,1-2H3. The molecule has 18 heavy (non-hydrogen) atoms. The fourth-order valence-electron chi connectivity index (χ4n) is 2.26. The second-order valence-electron chi connectivity index (χ2n) is 4.19. The number of anilines is 1. The van der Waals surface area contributed by atoms with Gasteiger partial charge in [-0.25, -0.2) is 9.18 Å². The van der Waals surface area contributed by atoms with Crippen molar-refractivity contribution in [1.82, 2.24) is 0 Å². The molecule has 4 nitrogen and oxygen atoms in total. The van der Waals surface area contributed by atoms with Crippen LogP contribution in [0, 0.1) is 5.82 Å². The first kappa shape index (κ1) is 12.7. The van der Waals surface area contributed by atoms with E-state index in [1.54, 1.807) is 0 Å². The number of halogens is 1. The molecule has 0 aliphatic carbocycles. The van der Waals surface area contributed by atoms with Crippen molar-refractivity contribution in [2.75, 3.05) is 32.2 Å². The number of hydrogen-bond donors (Lipinski definition) is 0. The van der Waals surface area contributed by atoms with E-state index in [4.69, 9.17) is 9.47 Å². The lowest BCUT2D eigenvalue weighted by molar-refractivity contribution is 0.0600. The number of rotatable bonds is 3. The molecule has 1 aromatic carbocycles. The number of carbonyl (C=O) groups is 1. The fraction of sp³-hybridized carbons (Fsp3) is 0.462. The van der Waals surface area contributed by atoms with E-state index in [9.17, 15) is 9.18 Å². The zero-order valence-electron chi connectivity index (χ0n) is 10.5. The van der Waals surface area contributed by atoms with Gasteiger partial charge in [0.15, 0.2) is 0 Å². The highest BCUT2D eigenvalue weighted by atomic mass is 19.1. The fourth-order valence-corrected chi connectivity index (χ4v) is 2.26. The van der Waals surface area contributed by atoms with Gasteiger partial charge in [-0.15, -0.1) is 0 Å². The van der Waals surface area contributed by atoms with Gasteiger partial charge in [0.1, 0.15) is 11.6 Å². The van der Waals surface area contributed by atoms with Crippen molar-refractivity contribution in [1.29, 1.82) is 0 Å². The molecule has 0 saturated carbocycles. The van der Waals surface area contributed by atoms with Crippen LogP contribution in [0.4, 0.5) is 10.1 Å². The minimum Gasteiger partial charge on any atom is -0.494 e. The SMILES string of the molecule is COC(=O)c1cc(F)cc(OC)c1N1CCCC1. The quantitative estimate of drug-likeness (QED) is 0.774. The van der Waals surface area contributed by atoms with Crippen molar-refractivity contribution in [3.8, 4) is 5.75 Å². The predicted molar refractivity (Wildman–Crippen MR) is 65.7 cm³/mol. The summed E-state index contributed by atoms with van der Waals surface area (Å²) in [4.78, 5) is 13.8. The molecule has 2 rings (SSSR count). The van der Waals surface area contributed by atoms with E-state index in [2.05, 4.69) is 0 Å². The van der Waals surface area contributed by atoms with E-state index in [0.29, 0.717) is 11.4 Å². The van der Waals surface area contributed by atoms with Crippen LogP contribution in [0.1, 0.15) is 23.2 Å². The third-order valence-corrected chi connectivity index (χ3v) is 3.09. The second-order valence-corrected chi connectivity index (χ2v) is 4.19. The molecule has 0 bridgehead atoms. The molecule has 1 aliphatic heterocycles. The monoisotopic (exact) mass is 253 g/mol. The molecule has 1 saturated heterocycles. The van der Waals surface area contributed by atoms with Crippen molar-refractivity contribution in [3.05, 3.63) is 23.5 Å². The van der Waals surface area contributed by atoms with Gasteiger partial charge in [0.25, 0.3) is 0 Å². The highest BCUT2D eigenvalue weighted by Gasteiger charge is 2.25. The van der Waals surface area contributed by atoms with Gasteiger partial charge < -0.3 is 14.4 Å². The topological polar surface area (TPSA) is 38.8 Å². The summed E-state index contributed by atoms with van der Waals surface area (Å²) in [6.07, 6.45) is 2.11. The second kappa shape index (κ2) is 5.25. The van der Waals surface area contributed by atoms with Crippen LogP contribution < -0.4 is 9.64 Å². The van der Waals surface area contributed by atoms with Crippen molar-refractivity contribution < 1.29 is 18.7 Å². The van der Waals surface area contributed by atoms with Crippen LogP contribution in [-0.2, 0) is 4.74 Å². The van der Waals surface area contributed by atoms with E-state index in [1.807, 2.05) is 4.90 Å². The molecule has 0 unspecified atom stereocenters. The third kappa shape index (κ3) is 2.25. The summed E-state index contributed by atoms with van der Waals surface area (Å²) in [5.41, 5.74) is 0.847. The lowest BCUT2D eigenvalue weighted by Crippen LogP contribution is -2.22. The lowest BCUT2D eigenvalue weighted by atomic mass is 10.1. The third-order valence-electron chi connectivity index (χ3n) is 3.09. The minimum absolute atomic E-state index is 0.219. The van der Waals surface area contributed by atoms with Crippen LogP contribution >= 0.6 is 0 Å². The van der Waals surface area contributed by atoms with Gasteiger partial charge in [0.2, 0.25) is 0 Å². The lowest BCUT2D eigenvalue weighted by Gasteiger charge is -2.23. The largest absolute Gasteiger partial charge is 0.494 e. The van der Waals surface area contributed by atoms with E-state index in [1.165, 1.54) is 26.4 Å². The summed E-state index contributed by atoms with van der Waals surface area (Å²) in [5, 5.41) is 0. The van der Waals surface area contributed by atoms with Gasteiger partial charge in [-0.2, -0.15) is 0 Å². The summed E-state index contributed by atoms with van der Waals surface area (Å²) in [5.74, 6) is -0.679. The van der Waals surface area contributed by atoms with Crippen LogP contribution in [0.5, 0.6) is 5.75 Å². The number of nitrogens with zero attached hydrogens (tertiary/aromatic N) is 1. The highest BCUT2D eigenvalue weighted by Crippen LogP contribution is 2.35. The van der Waals surface area contributed by atoms with Crippen molar-refractivity contribution in [2.24, 2.45) is 0 Å².